The number of nitrogens with one attached hydrogen (secondary N) is 2. The number of aryl methyl sites for hydroxylation is 1. The van der Waals surface area contributed by atoms with Crippen molar-refractivity contribution in [3.05, 3.63) is 60.3 Å². The molecule has 6 nitrogen and oxygen atoms in total. The van der Waals surface area contributed by atoms with Crippen molar-refractivity contribution in [2.45, 2.75) is 25.9 Å². The van der Waals surface area contributed by atoms with E-state index in [9.17, 15) is 9.90 Å². The van der Waals surface area contributed by atoms with Gasteiger partial charge in [0.1, 0.15) is 5.75 Å². The highest BCUT2D eigenvalue weighted by Gasteiger charge is 2.15. The summed E-state index contributed by atoms with van der Waals surface area (Å²) in [4.78, 5) is 12.1. The number of hydrogen-bond donors (Lipinski definition) is 3. The molecular formula is C22H27N3O3. The smallest absolute Gasteiger partial charge is 0.319 e. The van der Waals surface area contributed by atoms with Gasteiger partial charge >= 0.3 is 6.03 Å². The Bertz CT molecular complexity index is 918. The Morgan fingerprint density at radius 2 is 1.93 bits per heavy atom. The van der Waals surface area contributed by atoms with E-state index in [0.717, 1.165) is 35.1 Å². The van der Waals surface area contributed by atoms with Gasteiger partial charge in [0, 0.05) is 41.9 Å². The highest BCUT2D eigenvalue weighted by molar-refractivity contribution is 5.89. The molecule has 0 saturated carbocycles. The van der Waals surface area contributed by atoms with Crippen molar-refractivity contribution in [3.8, 4) is 5.75 Å². The second-order valence-electron chi connectivity index (χ2n) is 6.79. The fourth-order valence-corrected chi connectivity index (χ4v) is 3.08. The molecule has 3 rings (SSSR count). The van der Waals surface area contributed by atoms with Crippen LogP contribution in [0.2, 0.25) is 0 Å². The van der Waals surface area contributed by atoms with Crippen LogP contribution < -0.4 is 15.4 Å². The number of anilines is 1. The summed E-state index contributed by atoms with van der Waals surface area (Å²) in [5, 5.41) is 17.0. The molecule has 1 unspecified atom stereocenters. The molecule has 3 N–H and O–H groups in total. The lowest BCUT2D eigenvalue weighted by Gasteiger charge is -2.13. The highest BCUT2D eigenvalue weighted by atomic mass is 16.5. The molecule has 0 bridgehead atoms. The van der Waals surface area contributed by atoms with Crippen LogP contribution in [0.4, 0.5) is 10.5 Å². The van der Waals surface area contributed by atoms with Crippen molar-refractivity contribution in [1.82, 2.24) is 9.88 Å². The van der Waals surface area contributed by atoms with Gasteiger partial charge < -0.3 is 25.0 Å². The summed E-state index contributed by atoms with van der Waals surface area (Å²) in [6.45, 7) is 2.93. The lowest BCUT2D eigenvalue weighted by atomic mass is 10.1. The highest BCUT2D eigenvalue weighted by Crippen LogP contribution is 2.25. The molecule has 2 aromatic carbocycles. The third kappa shape index (κ3) is 4.84. The molecule has 0 aliphatic carbocycles. The minimum Gasteiger partial charge on any atom is -0.494 e. The van der Waals surface area contributed by atoms with E-state index in [0.29, 0.717) is 12.3 Å². The van der Waals surface area contributed by atoms with Crippen LogP contribution in [0.15, 0.2) is 54.7 Å². The van der Waals surface area contributed by atoms with E-state index in [4.69, 9.17) is 4.74 Å². The third-order valence-electron chi connectivity index (χ3n) is 4.62. The average molecular weight is 381 g/mol. The molecule has 28 heavy (non-hydrogen) atoms. The zero-order valence-corrected chi connectivity index (χ0v) is 16.3. The van der Waals surface area contributed by atoms with E-state index in [1.807, 2.05) is 54.2 Å². The van der Waals surface area contributed by atoms with Crippen molar-refractivity contribution in [1.29, 1.82) is 0 Å². The van der Waals surface area contributed by atoms with Crippen LogP contribution in [0.5, 0.6) is 5.75 Å². The van der Waals surface area contributed by atoms with E-state index >= 15 is 0 Å². The number of hydrogen-bond acceptors (Lipinski definition) is 3. The number of aromatic nitrogens is 1. The first kappa shape index (κ1) is 19.8. The first-order valence-corrected chi connectivity index (χ1v) is 9.58. The maximum absolute atomic E-state index is 12.1. The molecule has 1 atom stereocenters. The Balaban J connectivity index is 1.52. The Morgan fingerprint density at radius 1 is 1.18 bits per heavy atom. The van der Waals surface area contributed by atoms with Crippen LogP contribution in [-0.2, 0) is 7.05 Å². The summed E-state index contributed by atoms with van der Waals surface area (Å²) < 4.78 is 7.58. The molecule has 6 heteroatoms. The van der Waals surface area contributed by atoms with Gasteiger partial charge in [0.2, 0.25) is 0 Å². The molecule has 0 aliphatic rings. The second kappa shape index (κ2) is 9.28. The number of aliphatic hydroxyl groups is 1. The summed E-state index contributed by atoms with van der Waals surface area (Å²) >= 11 is 0. The van der Waals surface area contributed by atoms with Crippen molar-refractivity contribution in [2.75, 3.05) is 18.5 Å². The summed E-state index contributed by atoms with van der Waals surface area (Å²) in [6.07, 6.45) is 3.21. The molecule has 0 radical (unpaired) electrons. The summed E-state index contributed by atoms with van der Waals surface area (Å²) in [7, 11) is 1.94. The normalized spacial score (nSPS) is 12.0. The number of fused-ring (bicyclic) bond motifs is 1. The number of amides is 2. The van der Waals surface area contributed by atoms with E-state index in [1.54, 1.807) is 12.1 Å². The third-order valence-corrected chi connectivity index (χ3v) is 4.62. The van der Waals surface area contributed by atoms with Gasteiger partial charge in [0.15, 0.2) is 0 Å². The minimum absolute atomic E-state index is 0.123. The van der Waals surface area contributed by atoms with E-state index in [-0.39, 0.29) is 12.6 Å². The Labute approximate surface area is 165 Å². The Hall–Kier alpha value is -2.99. The molecule has 2 amide bonds. The predicted octanol–water partition coefficient (Wildman–Crippen LogP) is 4.21. The van der Waals surface area contributed by atoms with Gasteiger partial charge in [-0.25, -0.2) is 4.79 Å². The molecule has 0 saturated heterocycles. The van der Waals surface area contributed by atoms with Gasteiger partial charge in [-0.3, -0.25) is 0 Å². The number of unbranched alkanes of at least 4 members (excludes halogenated alkanes) is 1. The quantitative estimate of drug-likeness (QED) is 0.512. The van der Waals surface area contributed by atoms with Crippen LogP contribution in [0.1, 0.15) is 31.4 Å². The van der Waals surface area contributed by atoms with Crippen LogP contribution in [0, 0.1) is 0 Å². The van der Waals surface area contributed by atoms with E-state index in [2.05, 4.69) is 17.6 Å². The topological polar surface area (TPSA) is 75.5 Å². The number of carbonyl (C=O) groups excluding carboxylic acids is 1. The molecule has 1 heterocycles. The number of urea groups is 1. The Morgan fingerprint density at radius 3 is 2.68 bits per heavy atom. The molecule has 0 spiro atoms. The molecule has 1 aromatic heterocycles. The van der Waals surface area contributed by atoms with Crippen molar-refractivity contribution in [3.63, 3.8) is 0 Å². The summed E-state index contributed by atoms with van der Waals surface area (Å²) in [5.41, 5.74) is 2.51. The number of ether oxygens (including phenoxy) is 1. The lowest BCUT2D eigenvalue weighted by molar-refractivity contribution is 0.176. The van der Waals surface area contributed by atoms with Gasteiger partial charge in [0.05, 0.1) is 12.7 Å². The minimum atomic E-state index is -0.786. The maximum Gasteiger partial charge on any atom is 0.319 e. The van der Waals surface area contributed by atoms with E-state index in [1.165, 1.54) is 0 Å². The average Bonchev–Trinajstić information content (AvgIpc) is 3.05. The summed E-state index contributed by atoms with van der Waals surface area (Å²) in [5.74, 6) is 0.783. The van der Waals surface area contributed by atoms with Gasteiger partial charge in [-0.05, 0) is 36.8 Å². The van der Waals surface area contributed by atoms with Crippen molar-refractivity contribution >= 4 is 22.6 Å². The molecule has 0 aliphatic heterocycles. The zero-order chi connectivity index (χ0) is 19.9. The molecule has 3 aromatic rings. The number of benzene rings is 2. The predicted molar refractivity (Wildman–Crippen MR) is 112 cm³/mol. The van der Waals surface area contributed by atoms with Crippen molar-refractivity contribution in [2.24, 2.45) is 7.05 Å². The fraction of sp³-hybridized carbons (Fsp3) is 0.318. The number of carbonyl (C=O) groups is 1. The van der Waals surface area contributed by atoms with Crippen LogP contribution in [0.25, 0.3) is 10.9 Å². The maximum atomic E-state index is 12.1. The van der Waals surface area contributed by atoms with Crippen LogP contribution in [0.3, 0.4) is 0 Å². The van der Waals surface area contributed by atoms with E-state index < -0.39 is 6.10 Å². The lowest BCUT2D eigenvalue weighted by Crippen LogP contribution is -2.32. The Kier molecular flexibility index (Phi) is 6.55. The fourth-order valence-electron chi connectivity index (χ4n) is 3.08. The van der Waals surface area contributed by atoms with Crippen LogP contribution >= 0.6 is 0 Å². The van der Waals surface area contributed by atoms with Crippen molar-refractivity contribution < 1.29 is 14.6 Å². The number of aliphatic hydroxyl groups excluding tert-OH is 1. The number of nitrogens with zero attached hydrogens (tertiary/aromatic N) is 1. The number of rotatable bonds is 8. The van der Waals surface area contributed by atoms with Gasteiger partial charge in [0.25, 0.3) is 0 Å². The van der Waals surface area contributed by atoms with Crippen LogP contribution in [-0.4, -0.2) is 28.9 Å². The van der Waals surface area contributed by atoms with Gasteiger partial charge in [-0.2, -0.15) is 0 Å². The first-order valence-electron chi connectivity index (χ1n) is 9.58. The zero-order valence-electron chi connectivity index (χ0n) is 16.3. The summed E-state index contributed by atoms with van der Waals surface area (Å²) in [6, 6.07) is 14.8. The molecular weight excluding hydrogens is 354 g/mol. The molecule has 0 fully saturated rings. The molecule has 148 valence electrons. The number of para-hydroxylation sites is 1. The SMILES string of the molecule is CCCCOc1ccc(NC(=O)NCC(O)c2cn(C)c3ccccc23)cc1. The standard InChI is InChI=1S/C22H27N3O3/c1-3-4-13-28-17-11-9-16(10-12-17)24-22(27)23-14-21(26)19-15-25(2)20-8-6-5-7-18(19)20/h5-12,15,21,26H,3-4,13-14H2,1-2H3,(H2,23,24,27). The first-order chi connectivity index (χ1) is 13.6. The van der Waals surface area contributed by atoms with Gasteiger partial charge in [-0.1, -0.05) is 31.5 Å². The monoisotopic (exact) mass is 381 g/mol. The second-order valence-corrected chi connectivity index (χ2v) is 6.79. The largest absolute Gasteiger partial charge is 0.494 e. The van der Waals surface area contributed by atoms with Gasteiger partial charge in [-0.15, -0.1) is 0 Å².